The quantitative estimate of drug-likeness (QED) is 0.844. The molecule has 0 fully saturated rings. The lowest BCUT2D eigenvalue weighted by molar-refractivity contribution is -0.140. The number of carbonyl (C=O) groups excluding carboxylic acids is 1. The minimum absolute atomic E-state index is 0.0759. The highest BCUT2D eigenvalue weighted by Crippen LogP contribution is 2.21. The van der Waals surface area contributed by atoms with Crippen molar-refractivity contribution in [2.45, 2.75) is 19.5 Å². The number of hydrogen-bond acceptors (Lipinski definition) is 3. The first kappa shape index (κ1) is 15.1. The fourth-order valence-electron chi connectivity index (χ4n) is 2.27. The molecule has 0 aliphatic heterocycles. The molecule has 0 saturated heterocycles. The number of carboxylic acids is 1. The van der Waals surface area contributed by atoms with E-state index in [2.05, 4.69) is 5.32 Å². The molecule has 1 aromatic heterocycles. The van der Waals surface area contributed by atoms with Gasteiger partial charge in [0.1, 0.15) is 0 Å². The first-order valence-corrected chi connectivity index (χ1v) is 6.69. The van der Waals surface area contributed by atoms with Crippen LogP contribution in [0.3, 0.4) is 0 Å². The number of aliphatic carboxylic acids is 1. The molecule has 2 N–H and O–H groups in total. The number of nitrogens with zero attached hydrogens (tertiary/aromatic N) is 1. The van der Waals surface area contributed by atoms with E-state index in [1.165, 1.54) is 7.11 Å². The Balaban J connectivity index is 2.33. The molecule has 0 aliphatic rings. The highest BCUT2D eigenvalue weighted by atomic mass is 16.5. The Labute approximate surface area is 122 Å². The van der Waals surface area contributed by atoms with Crippen molar-refractivity contribution in [2.24, 2.45) is 0 Å². The second-order valence-electron chi connectivity index (χ2n) is 4.67. The minimum atomic E-state index is -1.12. The van der Waals surface area contributed by atoms with Gasteiger partial charge in [-0.3, -0.25) is 4.79 Å². The Kier molecular flexibility index (Phi) is 4.59. The molecule has 1 unspecified atom stereocenters. The normalized spacial score (nSPS) is 12.3. The number of methoxy groups -OCH3 is 1. The number of carbonyl (C=O) groups is 2. The van der Waals surface area contributed by atoms with Crippen molar-refractivity contribution in [3.63, 3.8) is 0 Å². The van der Waals surface area contributed by atoms with Crippen LogP contribution in [0.2, 0.25) is 0 Å². The molecular formula is C15H18N2O4. The lowest BCUT2D eigenvalue weighted by Crippen LogP contribution is -2.43. The lowest BCUT2D eigenvalue weighted by Gasteiger charge is -2.12. The molecule has 6 nitrogen and oxygen atoms in total. The molecule has 0 radical (unpaired) electrons. The summed E-state index contributed by atoms with van der Waals surface area (Å²) in [6, 6.07) is 6.47. The van der Waals surface area contributed by atoms with Crippen LogP contribution in [0.15, 0.2) is 30.5 Å². The molecule has 21 heavy (non-hydrogen) atoms. The number of ether oxygens (including phenoxy) is 1. The number of carboxylic acid groups (broad SMARTS) is 1. The molecule has 2 rings (SSSR count). The number of aromatic nitrogens is 1. The van der Waals surface area contributed by atoms with Gasteiger partial charge in [0.05, 0.1) is 12.2 Å². The van der Waals surface area contributed by atoms with Gasteiger partial charge in [0.15, 0.2) is 6.04 Å². The zero-order chi connectivity index (χ0) is 15.4. The maximum atomic E-state index is 12.3. The monoisotopic (exact) mass is 290 g/mol. The first-order chi connectivity index (χ1) is 10.1. The summed E-state index contributed by atoms with van der Waals surface area (Å²) in [5, 5.41) is 12.4. The zero-order valence-corrected chi connectivity index (χ0v) is 12.0. The topological polar surface area (TPSA) is 80.6 Å². The van der Waals surface area contributed by atoms with E-state index in [0.29, 0.717) is 5.56 Å². The minimum Gasteiger partial charge on any atom is -0.480 e. The molecule has 112 valence electrons. The van der Waals surface area contributed by atoms with Crippen molar-refractivity contribution >= 4 is 22.8 Å². The van der Waals surface area contributed by atoms with E-state index in [-0.39, 0.29) is 6.61 Å². The van der Waals surface area contributed by atoms with Gasteiger partial charge in [-0.05, 0) is 13.0 Å². The first-order valence-electron chi connectivity index (χ1n) is 6.69. The Morgan fingerprint density at radius 1 is 1.38 bits per heavy atom. The van der Waals surface area contributed by atoms with E-state index in [1.807, 2.05) is 35.8 Å². The maximum absolute atomic E-state index is 12.3. The third-order valence-electron chi connectivity index (χ3n) is 3.31. The van der Waals surface area contributed by atoms with Gasteiger partial charge >= 0.3 is 5.97 Å². The average molecular weight is 290 g/mol. The highest BCUT2D eigenvalue weighted by Gasteiger charge is 2.22. The van der Waals surface area contributed by atoms with E-state index in [4.69, 9.17) is 9.84 Å². The summed E-state index contributed by atoms with van der Waals surface area (Å²) < 4.78 is 6.77. The molecular weight excluding hydrogens is 272 g/mol. The van der Waals surface area contributed by atoms with Crippen LogP contribution < -0.4 is 5.32 Å². The fourth-order valence-corrected chi connectivity index (χ4v) is 2.27. The van der Waals surface area contributed by atoms with Gasteiger partial charge in [-0.15, -0.1) is 0 Å². The molecule has 1 amide bonds. The average Bonchev–Trinajstić information content (AvgIpc) is 2.85. The highest BCUT2D eigenvalue weighted by molar-refractivity contribution is 6.07. The Morgan fingerprint density at radius 3 is 2.71 bits per heavy atom. The predicted molar refractivity (Wildman–Crippen MR) is 78.4 cm³/mol. The predicted octanol–water partition coefficient (Wildman–Crippen LogP) is 1.49. The number of aryl methyl sites for hydroxylation is 1. The summed E-state index contributed by atoms with van der Waals surface area (Å²) in [7, 11) is 1.39. The van der Waals surface area contributed by atoms with E-state index < -0.39 is 17.9 Å². The van der Waals surface area contributed by atoms with Gasteiger partial charge in [0.2, 0.25) is 0 Å². The van der Waals surface area contributed by atoms with Gasteiger partial charge in [-0.2, -0.15) is 0 Å². The zero-order valence-electron chi connectivity index (χ0n) is 12.0. The maximum Gasteiger partial charge on any atom is 0.328 e. The lowest BCUT2D eigenvalue weighted by atomic mass is 10.1. The smallest absolute Gasteiger partial charge is 0.328 e. The van der Waals surface area contributed by atoms with Crippen LogP contribution in [0, 0.1) is 0 Å². The summed E-state index contributed by atoms with van der Waals surface area (Å²) in [5.41, 5.74) is 1.42. The summed E-state index contributed by atoms with van der Waals surface area (Å²) in [6.45, 7) is 2.64. The summed E-state index contributed by atoms with van der Waals surface area (Å²) >= 11 is 0. The van der Waals surface area contributed by atoms with Gasteiger partial charge < -0.3 is 19.7 Å². The second-order valence-corrected chi connectivity index (χ2v) is 4.67. The van der Waals surface area contributed by atoms with Crippen molar-refractivity contribution in [3.8, 4) is 0 Å². The Hall–Kier alpha value is -2.34. The van der Waals surface area contributed by atoms with Crippen molar-refractivity contribution in [3.05, 3.63) is 36.0 Å². The van der Waals surface area contributed by atoms with Gasteiger partial charge in [-0.25, -0.2) is 4.79 Å². The Bertz CT molecular complexity index is 663. The van der Waals surface area contributed by atoms with Gasteiger partial charge in [0, 0.05) is 30.8 Å². The fraction of sp³-hybridized carbons (Fsp3) is 0.333. The molecule has 0 bridgehead atoms. The van der Waals surface area contributed by atoms with E-state index in [0.717, 1.165) is 17.4 Å². The number of nitrogens with one attached hydrogen (secondary N) is 1. The Morgan fingerprint density at radius 2 is 2.10 bits per heavy atom. The summed E-state index contributed by atoms with van der Waals surface area (Å²) in [4.78, 5) is 23.4. The van der Waals surface area contributed by atoms with Crippen LogP contribution in [-0.4, -0.2) is 41.3 Å². The molecule has 0 saturated carbocycles. The number of amides is 1. The molecule has 0 spiro atoms. The van der Waals surface area contributed by atoms with Gasteiger partial charge in [0.25, 0.3) is 5.91 Å². The van der Waals surface area contributed by atoms with Crippen molar-refractivity contribution in [1.29, 1.82) is 0 Å². The van der Waals surface area contributed by atoms with Gasteiger partial charge in [-0.1, -0.05) is 18.2 Å². The van der Waals surface area contributed by atoms with Crippen molar-refractivity contribution in [2.75, 3.05) is 13.7 Å². The number of benzene rings is 1. The third kappa shape index (κ3) is 3.05. The molecule has 6 heteroatoms. The third-order valence-corrected chi connectivity index (χ3v) is 3.31. The van der Waals surface area contributed by atoms with Crippen LogP contribution >= 0.6 is 0 Å². The number of para-hydroxylation sites is 1. The summed E-state index contributed by atoms with van der Waals surface area (Å²) in [5.74, 6) is -1.53. The van der Waals surface area contributed by atoms with Crippen molar-refractivity contribution in [1.82, 2.24) is 9.88 Å². The standard InChI is InChI=1S/C15H18N2O4/c1-3-17-8-11(10-6-4-5-7-13(10)17)14(18)16-12(9-21-2)15(19)20/h4-8,12H,3,9H2,1-2H3,(H,16,18)(H,19,20). The SMILES string of the molecule is CCn1cc(C(=O)NC(COC)C(=O)O)c2ccccc21. The molecule has 2 aromatic rings. The van der Waals surface area contributed by atoms with Crippen LogP contribution in [0.25, 0.3) is 10.9 Å². The summed E-state index contributed by atoms with van der Waals surface area (Å²) in [6.07, 6.45) is 1.74. The van der Waals surface area contributed by atoms with Crippen LogP contribution in [0.1, 0.15) is 17.3 Å². The van der Waals surface area contributed by atoms with Crippen LogP contribution in [-0.2, 0) is 16.1 Å². The molecule has 1 aromatic carbocycles. The molecule has 1 atom stereocenters. The van der Waals surface area contributed by atoms with E-state index >= 15 is 0 Å². The number of rotatable bonds is 6. The van der Waals surface area contributed by atoms with Crippen LogP contribution in [0.5, 0.6) is 0 Å². The molecule has 1 heterocycles. The number of fused-ring (bicyclic) bond motifs is 1. The van der Waals surface area contributed by atoms with Crippen LogP contribution in [0.4, 0.5) is 0 Å². The van der Waals surface area contributed by atoms with Crippen molar-refractivity contribution < 1.29 is 19.4 Å². The van der Waals surface area contributed by atoms with E-state index in [9.17, 15) is 9.59 Å². The second kappa shape index (κ2) is 6.41. The largest absolute Gasteiger partial charge is 0.480 e. The van der Waals surface area contributed by atoms with E-state index in [1.54, 1.807) is 6.20 Å². The number of hydrogen-bond donors (Lipinski definition) is 2. The molecule has 0 aliphatic carbocycles.